The maximum Gasteiger partial charge on any atom is 0.414 e. The second kappa shape index (κ2) is 16.4. The van der Waals surface area contributed by atoms with Crippen LogP contribution in [0.1, 0.15) is 59.8 Å². The number of hydrogen-bond donors (Lipinski definition) is 3. The largest absolute Gasteiger partial charge is 0.414 e. The van der Waals surface area contributed by atoms with Gasteiger partial charge in [-0.3, -0.25) is 37.5 Å². The lowest BCUT2D eigenvalue weighted by Gasteiger charge is -2.24. The second-order valence-corrected chi connectivity index (χ2v) is 17.7. The van der Waals surface area contributed by atoms with Crippen molar-refractivity contribution in [3.63, 3.8) is 0 Å². The molecule has 0 aliphatic carbocycles. The molecule has 1 aliphatic heterocycles. The normalized spacial score (nSPS) is 20.4. The highest BCUT2D eigenvalue weighted by molar-refractivity contribution is 8.14. The van der Waals surface area contributed by atoms with Gasteiger partial charge in [0.1, 0.15) is 6.23 Å². The lowest BCUT2D eigenvalue weighted by Crippen LogP contribution is -2.33. The Morgan fingerprint density at radius 2 is 1.64 bits per heavy atom. The maximum absolute atomic E-state index is 13.5. The number of hydrogen-bond acceptors (Lipinski definition) is 13. The Kier molecular flexibility index (Phi) is 14.4. The van der Waals surface area contributed by atoms with Crippen LogP contribution in [0.4, 0.5) is 0 Å². The van der Waals surface area contributed by atoms with Crippen LogP contribution in [0.3, 0.4) is 0 Å². The Hall–Kier alpha value is -1.75. The van der Waals surface area contributed by atoms with Crippen LogP contribution in [0.15, 0.2) is 20.9 Å². The van der Waals surface area contributed by atoms with Crippen LogP contribution in [0, 0.1) is 17.8 Å². The zero-order valence-corrected chi connectivity index (χ0v) is 29.5. The first-order valence-electron chi connectivity index (χ1n) is 13.7. The molecule has 1 fully saturated rings. The summed E-state index contributed by atoms with van der Waals surface area (Å²) in [6.07, 6.45) is -0.865. The summed E-state index contributed by atoms with van der Waals surface area (Å²) in [5, 5.41) is 3.33. The van der Waals surface area contributed by atoms with Gasteiger partial charge in [0.25, 0.3) is 5.56 Å². The van der Waals surface area contributed by atoms with Crippen LogP contribution in [0.25, 0.3) is 10.4 Å². The highest BCUT2D eigenvalue weighted by Crippen LogP contribution is 2.55. The number of ether oxygens (including phenoxy) is 1. The summed E-state index contributed by atoms with van der Waals surface area (Å²) >= 11 is 1.86. The second-order valence-electron chi connectivity index (χ2n) is 12.0. The number of aryl methyl sites for hydroxylation is 1. The minimum atomic E-state index is -4.96. The van der Waals surface area contributed by atoms with Crippen LogP contribution in [0.5, 0.6) is 0 Å². The summed E-state index contributed by atoms with van der Waals surface area (Å²) < 4.78 is 49.1. The van der Waals surface area contributed by atoms with E-state index in [0.717, 1.165) is 28.1 Å². The highest BCUT2D eigenvalue weighted by Gasteiger charge is 2.41. The maximum atomic E-state index is 13.5. The molecular weight excluding hydrogens is 674 g/mol. The standard InChI is InChI=1S/C24H40N6O11P2S2/c1-15-13-30(22(34)26-19(15)31)18-12-16(27-28-25)17(41-18)14-40-42(35,36)29-43(37,38-8-10-44-20(32)23(2,3)4)39-9-11-45-21(33)24(5,6)7/h13,16-18H,8-12,14H2,1-7H3,(H,26,31,34)(H2,29,35,36,37)/t16-,17-,18-/m1/s1. The van der Waals surface area contributed by atoms with Gasteiger partial charge >= 0.3 is 21.2 Å². The van der Waals surface area contributed by atoms with Gasteiger partial charge in [-0.1, -0.05) is 70.2 Å². The van der Waals surface area contributed by atoms with Crippen LogP contribution in [0.2, 0.25) is 0 Å². The van der Waals surface area contributed by atoms with E-state index in [-0.39, 0.29) is 46.9 Å². The number of carbonyl (C=O) groups excluding carboxylic acids is 2. The minimum Gasteiger partial charge on any atom is -0.352 e. The number of H-pyrrole nitrogens is 1. The van der Waals surface area contributed by atoms with Crippen molar-refractivity contribution in [2.24, 2.45) is 15.9 Å². The summed E-state index contributed by atoms with van der Waals surface area (Å²) in [6.45, 7) is 10.6. The van der Waals surface area contributed by atoms with Crippen molar-refractivity contribution in [2.75, 3.05) is 31.3 Å². The van der Waals surface area contributed by atoms with E-state index in [1.807, 2.05) is 4.86 Å². The van der Waals surface area contributed by atoms with E-state index in [1.165, 1.54) is 13.1 Å². The molecule has 0 amide bonds. The van der Waals surface area contributed by atoms with Crippen molar-refractivity contribution in [1.82, 2.24) is 14.4 Å². The zero-order valence-electron chi connectivity index (χ0n) is 26.1. The van der Waals surface area contributed by atoms with Gasteiger partial charge < -0.3 is 9.63 Å². The van der Waals surface area contributed by atoms with Gasteiger partial charge in [-0.15, -0.1) is 4.86 Å². The fourth-order valence-corrected chi connectivity index (χ4v) is 8.33. The van der Waals surface area contributed by atoms with Gasteiger partial charge in [-0.2, -0.15) is 0 Å². The van der Waals surface area contributed by atoms with Crippen molar-refractivity contribution in [1.29, 1.82) is 0 Å². The number of rotatable bonds is 15. The molecule has 4 atom stereocenters. The number of nitrogens with zero attached hydrogens (tertiary/aromatic N) is 4. The third-order valence-corrected chi connectivity index (χ3v) is 11.9. The van der Waals surface area contributed by atoms with Crippen molar-refractivity contribution < 1.29 is 41.9 Å². The minimum absolute atomic E-state index is 0.0206. The van der Waals surface area contributed by atoms with Crippen molar-refractivity contribution in [2.45, 2.75) is 73.3 Å². The molecule has 1 saturated heterocycles. The molecule has 1 aromatic heterocycles. The lowest BCUT2D eigenvalue weighted by molar-refractivity contribution is -0.118. The van der Waals surface area contributed by atoms with Crippen LogP contribution >= 0.6 is 39.0 Å². The molecule has 0 aromatic carbocycles. The molecule has 1 unspecified atom stereocenters. The molecule has 1 aromatic rings. The molecule has 0 bridgehead atoms. The Morgan fingerprint density at radius 3 is 2.13 bits per heavy atom. The summed E-state index contributed by atoms with van der Waals surface area (Å²) in [6, 6.07) is -0.937. The monoisotopic (exact) mass is 714 g/mol. The Labute approximate surface area is 268 Å². The Bertz CT molecular complexity index is 1450. The number of azide groups is 1. The molecule has 254 valence electrons. The van der Waals surface area contributed by atoms with Crippen LogP contribution in [-0.4, -0.2) is 68.1 Å². The number of carbonyl (C=O) groups is 2. The Balaban J connectivity index is 2.11. The predicted molar refractivity (Wildman–Crippen MR) is 170 cm³/mol. The zero-order chi connectivity index (χ0) is 34.2. The highest BCUT2D eigenvalue weighted by atomic mass is 32.2. The van der Waals surface area contributed by atoms with Crippen molar-refractivity contribution in [3.05, 3.63) is 43.0 Å². The summed E-state index contributed by atoms with van der Waals surface area (Å²) in [4.78, 5) is 65.8. The first kappa shape index (κ1) is 39.4. The fourth-order valence-electron chi connectivity index (χ4n) is 3.49. The van der Waals surface area contributed by atoms with E-state index in [0.29, 0.717) is 0 Å². The van der Waals surface area contributed by atoms with E-state index in [2.05, 4.69) is 15.0 Å². The molecule has 1 aliphatic rings. The fraction of sp³-hybridized carbons (Fsp3) is 0.750. The first-order valence-corrected chi connectivity index (χ1v) is 18.8. The third-order valence-electron chi connectivity index (χ3n) is 5.90. The molecule has 3 N–H and O–H groups in total. The van der Waals surface area contributed by atoms with Gasteiger partial charge in [-0.25, -0.2) is 13.9 Å². The molecule has 2 heterocycles. The number of aromatic amines is 1. The molecule has 21 heteroatoms. The Morgan fingerprint density at radius 1 is 1.11 bits per heavy atom. The van der Waals surface area contributed by atoms with E-state index < -0.39 is 62.6 Å². The quantitative estimate of drug-likeness (QED) is 0.0756. The third kappa shape index (κ3) is 12.8. The molecule has 17 nitrogen and oxygen atoms in total. The van der Waals surface area contributed by atoms with E-state index in [4.69, 9.17) is 23.8 Å². The van der Waals surface area contributed by atoms with Gasteiger partial charge in [0.2, 0.25) is 0 Å². The molecular formula is C24H40N6O11P2S2. The SMILES string of the molecule is Cc1cn([C@H]2C[C@@H](N=[N+]=[N-])[C@@H](COP(=O)(O)NP(=O)(OCCSC(=O)C(C)(C)C)OCCSC(=O)C(C)(C)C)O2)c(=O)[nH]c1=O. The number of nitrogens with one attached hydrogen (secondary N) is 2. The molecule has 45 heavy (non-hydrogen) atoms. The van der Waals surface area contributed by atoms with E-state index in [9.17, 15) is 33.2 Å². The van der Waals surface area contributed by atoms with Gasteiger partial charge in [-0.05, 0) is 12.5 Å². The molecule has 0 spiro atoms. The molecule has 0 radical (unpaired) electrons. The van der Waals surface area contributed by atoms with Gasteiger partial charge in [0.15, 0.2) is 10.2 Å². The van der Waals surface area contributed by atoms with Gasteiger partial charge in [0, 0.05) is 45.4 Å². The smallest absolute Gasteiger partial charge is 0.352 e. The lowest BCUT2D eigenvalue weighted by atomic mass is 9.99. The number of thioether (sulfide) groups is 2. The topological polar surface area (TPSA) is 241 Å². The van der Waals surface area contributed by atoms with E-state index in [1.54, 1.807) is 41.5 Å². The van der Waals surface area contributed by atoms with E-state index >= 15 is 0 Å². The van der Waals surface area contributed by atoms with Crippen molar-refractivity contribution >= 4 is 49.2 Å². The van der Waals surface area contributed by atoms with Crippen LogP contribution < -0.4 is 16.1 Å². The average molecular weight is 715 g/mol. The summed E-state index contributed by atoms with van der Waals surface area (Å²) in [7, 11) is -9.50. The molecule has 2 rings (SSSR count). The summed E-state index contributed by atoms with van der Waals surface area (Å²) in [5.74, 6) is 0.126. The first-order chi connectivity index (χ1) is 20.7. The average Bonchev–Trinajstić information content (AvgIpc) is 3.31. The predicted octanol–water partition coefficient (Wildman–Crippen LogP) is 4.27. The summed E-state index contributed by atoms with van der Waals surface area (Å²) in [5.41, 5.74) is 6.60. The molecule has 0 saturated carbocycles. The van der Waals surface area contributed by atoms with Gasteiger partial charge in [0.05, 0.1) is 32.0 Å². The van der Waals surface area contributed by atoms with Crippen LogP contribution in [-0.2, 0) is 37.0 Å². The number of aromatic nitrogens is 2. The van der Waals surface area contributed by atoms with Crippen molar-refractivity contribution in [3.8, 4) is 0 Å².